The van der Waals surface area contributed by atoms with Gasteiger partial charge >= 0.3 is 5.97 Å². The van der Waals surface area contributed by atoms with Gasteiger partial charge in [-0.2, -0.15) is 0 Å². The van der Waals surface area contributed by atoms with E-state index < -0.39 is 5.54 Å². The molecular formula is C35H38ClNO6. The molecule has 226 valence electrons. The van der Waals surface area contributed by atoms with E-state index in [4.69, 9.17) is 35.3 Å². The van der Waals surface area contributed by atoms with Crippen molar-refractivity contribution in [3.05, 3.63) is 81.9 Å². The van der Waals surface area contributed by atoms with Crippen LogP contribution in [0.3, 0.4) is 0 Å². The number of carbonyl (C=O) groups excluding carboxylic acids is 1. The van der Waals surface area contributed by atoms with Crippen LogP contribution in [0.25, 0.3) is 0 Å². The Kier molecular flexibility index (Phi) is 7.21. The molecule has 7 rings (SSSR count). The van der Waals surface area contributed by atoms with Crippen LogP contribution in [-0.4, -0.2) is 39.1 Å². The van der Waals surface area contributed by atoms with E-state index >= 15 is 0 Å². The summed E-state index contributed by atoms with van der Waals surface area (Å²) < 4.78 is 28.6. The SMILES string of the molecule is COC(=O)[C@@]12CC[C@@]3(c4cc5c(cc4CC3C[C@@H](C)COCc3ccc(OC)cc3)OCO5)C(C1)c1c(Cl)cccc1N2. The maximum Gasteiger partial charge on any atom is 0.331 e. The van der Waals surface area contributed by atoms with Gasteiger partial charge in [0.25, 0.3) is 0 Å². The standard InChI is InChI=1S/C35H38ClNO6/c1-21(18-41-19-22-7-9-25(39-2)10-8-22)13-24-14-23-15-30-31(43-20-42-30)16-26(23)35(24)12-11-34(33(38)40-3)17-27(35)32-28(36)5-4-6-29(32)37-34/h4-10,15-16,21,24,27,37H,11-14,17-20H2,1-3H3/t21-,24?,27?,34-,35-/m1/s1. The lowest BCUT2D eigenvalue weighted by atomic mass is 9.51. The Bertz CT molecular complexity index is 1540. The minimum Gasteiger partial charge on any atom is -0.497 e. The molecule has 1 fully saturated rings. The summed E-state index contributed by atoms with van der Waals surface area (Å²) in [5.74, 6) is 2.93. The van der Waals surface area contributed by atoms with E-state index in [2.05, 4.69) is 24.4 Å². The average molecular weight is 604 g/mol. The number of esters is 1. The number of fused-ring (bicyclic) bond motifs is 8. The van der Waals surface area contributed by atoms with E-state index in [0.29, 0.717) is 37.9 Å². The third-order valence-corrected chi connectivity index (χ3v) is 10.6. The van der Waals surface area contributed by atoms with Crippen molar-refractivity contribution >= 4 is 23.3 Å². The molecule has 3 aromatic carbocycles. The second-order valence-electron chi connectivity index (χ2n) is 12.7. The molecule has 3 aromatic rings. The lowest BCUT2D eigenvalue weighted by molar-refractivity contribution is -0.148. The number of ether oxygens (including phenoxy) is 5. The summed E-state index contributed by atoms with van der Waals surface area (Å²) in [7, 11) is 3.15. The number of benzene rings is 3. The van der Waals surface area contributed by atoms with Gasteiger partial charge in [0.2, 0.25) is 6.79 Å². The zero-order valence-corrected chi connectivity index (χ0v) is 25.7. The van der Waals surface area contributed by atoms with E-state index in [1.54, 1.807) is 7.11 Å². The van der Waals surface area contributed by atoms with Crippen molar-refractivity contribution in [2.75, 3.05) is 32.9 Å². The summed E-state index contributed by atoms with van der Waals surface area (Å²) in [6, 6.07) is 18.4. The van der Waals surface area contributed by atoms with Gasteiger partial charge < -0.3 is 29.0 Å². The first-order chi connectivity index (χ1) is 20.9. The molecule has 2 aliphatic heterocycles. The lowest BCUT2D eigenvalue weighted by Crippen LogP contribution is -2.59. The second kappa shape index (κ2) is 10.9. The molecule has 0 amide bonds. The molecule has 7 nitrogen and oxygen atoms in total. The van der Waals surface area contributed by atoms with Crippen molar-refractivity contribution in [1.82, 2.24) is 0 Å². The fourth-order valence-corrected chi connectivity index (χ4v) is 8.71. The molecule has 0 radical (unpaired) electrons. The van der Waals surface area contributed by atoms with Crippen LogP contribution in [-0.2, 0) is 32.7 Å². The number of carbonyl (C=O) groups is 1. The number of methoxy groups -OCH3 is 2. The largest absolute Gasteiger partial charge is 0.497 e. The first-order valence-electron chi connectivity index (χ1n) is 15.2. The predicted molar refractivity (Wildman–Crippen MR) is 164 cm³/mol. The number of hydrogen-bond acceptors (Lipinski definition) is 7. The van der Waals surface area contributed by atoms with Gasteiger partial charge in [0.05, 0.1) is 20.8 Å². The summed E-state index contributed by atoms with van der Waals surface area (Å²) >= 11 is 7.00. The quantitative estimate of drug-likeness (QED) is 0.277. The van der Waals surface area contributed by atoms with Crippen molar-refractivity contribution in [2.45, 2.75) is 62.5 Å². The third-order valence-electron chi connectivity index (χ3n) is 10.3. The summed E-state index contributed by atoms with van der Waals surface area (Å²) in [6.07, 6.45) is 4.06. The Morgan fingerprint density at radius 2 is 1.88 bits per heavy atom. The number of hydrogen-bond donors (Lipinski definition) is 1. The fraction of sp³-hybridized carbons (Fsp3) is 0.457. The van der Waals surface area contributed by atoms with Gasteiger partial charge in [-0.15, -0.1) is 0 Å². The molecule has 8 heteroatoms. The summed E-state index contributed by atoms with van der Waals surface area (Å²) in [6.45, 7) is 3.74. The number of anilines is 1. The molecule has 2 unspecified atom stereocenters. The van der Waals surface area contributed by atoms with Gasteiger partial charge in [-0.3, -0.25) is 0 Å². The monoisotopic (exact) mass is 603 g/mol. The van der Waals surface area contributed by atoms with Gasteiger partial charge in [-0.05, 0) is 103 Å². The Morgan fingerprint density at radius 3 is 2.65 bits per heavy atom. The highest BCUT2D eigenvalue weighted by Gasteiger charge is 2.62. The Balaban J connectivity index is 1.23. The van der Waals surface area contributed by atoms with Crippen LogP contribution in [0.5, 0.6) is 17.2 Å². The van der Waals surface area contributed by atoms with Crippen molar-refractivity contribution < 1.29 is 28.5 Å². The summed E-state index contributed by atoms with van der Waals surface area (Å²) in [5.41, 5.74) is 4.76. The maximum absolute atomic E-state index is 13.3. The number of rotatable bonds is 8. The normalized spacial score (nSPS) is 26.8. The molecular weight excluding hydrogens is 566 g/mol. The molecule has 1 spiro atoms. The topological polar surface area (TPSA) is 75.3 Å². The molecule has 0 aromatic heterocycles. The molecule has 2 aliphatic carbocycles. The smallest absolute Gasteiger partial charge is 0.331 e. The average Bonchev–Trinajstić information content (AvgIpc) is 3.59. The third kappa shape index (κ3) is 4.63. The van der Waals surface area contributed by atoms with Gasteiger partial charge in [0.15, 0.2) is 11.5 Å². The fourth-order valence-electron chi connectivity index (χ4n) is 8.40. The minimum atomic E-state index is -0.779. The van der Waals surface area contributed by atoms with Crippen LogP contribution in [0, 0.1) is 11.8 Å². The molecule has 2 heterocycles. The lowest BCUT2D eigenvalue weighted by Gasteiger charge is -2.56. The van der Waals surface area contributed by atoms with Crippen molar-refractivity contribution in [1.29, 1.82) is 0 Å². The molecule has 1 N–H and O–H groups in total. The number of nitrogens with one attached hydrogen (secondary N) is 1. The first-order valence-corrected chi connectivity index (χ1v) is 15.5. The maximum atomic E-state index is 13.3. The molecule has 1 saturated carbocycles. The van der Waals surface area contributed by atoms with Gasteiger partial charge in [-0.25, -0.2) is 4.79 Å². The highest BCUT2D eigenvalue weighted by molar-refractivity contribution is 6.32. The zero-order chi connectivity index (χ0) is 29.8. The molecule has 0 saturated heterocycles. The molecule has 4 aliphatic rings. The van der Waals surface area contributed by atoms with Crippen molar-refractivity contribution in [3.8, 4) is 17.2 Å². The first kappa shape index (κ1) is 28.4. The highest BCUT2D eigenvalue weighted by atomic mass is 35.5. The van der Waals surface area contributed by atoms with Gasteiger partial charge in [0, 0.05) is 28.6 Å². The minimum absolute atomic E-state index is 0.0318. The van der Waals surface area contributed by atoms with Crippen molar-refractivity contribution in [2.24, 2.45) is 11.8 Å². The Morgan fingerprint density at radius 1 is 1.09 bits per heavy atom. The van der Waals surface area contributed by atoms with E-state index in [1.165, 1.54) is 18.2 Å². The van der Waals surface area contributed by atoms with Crippen LogP contribution in [0.1, 0.15) is 60.8 Å². The van der Waals surface area contributed by atoms with Crippen LogP contribution < -0.4 is 19.5 Å². The van der Waals surface area contributed by atoms with E-state index in [9.17, 15) is 4.79 Å². The van der Waals surface area contributed by atoms with Gasteiger partial charge in [-0.1, -0.05) is 36.7 Å². The summed E-state index contributed by atoms with van der Waals surface area (Å²) in [5, 5.41) is 4.31. The van der Waals surface area contributed by atoms with Crippen LogP contribution >= 0.6 is 11.6 Å². The molecule has 2 bridgehead atoms. The number of halogens is 1. The predicted octanol–water partition coefficient (Wildman–Crippen LogP) is 7.04. The molecule has 43 heavy (non-hydrogen) atoms. The van der Waals surface area contributed by atoms with E-state index in [-0.39, 0.29) is 24.1 Å². The second-order valence-corrected chi connectivity index (χ2v) is 13.1. The van der Waals surface area contributed by atoms with Crippen LogP contribution in [0.15, 0.2) is 54.6 Å². The highest BCUT2D eigenvalue weighted by Crippen LogP contribution is 2.66. The van der Waals surface area contributed by atoms with Crippen LogP contribution in [0.4, 0.5) is 5.69 Å². The van der Waals surface area contributed by atoms with Crippen molar-refractivity contribution in [3.63, 3.8) is 0 Å². The van der Waals surface area contributed by atoms with E-state index in [1.807, 2.05) is 42.5 Å². The Hall–Kier alpha value is -3.42. The molecule has 5 atom stereocenters. The summed E-state index contributed by atoms with van der Waals surface area (Å²) in [4.78, 5) is 13.3. The zero-order valence-electron chi connectivity index (χ0n) is 24.9. The van der Waals surface area contributed by atoms with Gasteiger partial charge in [0.1, 0.15) is 11.3 Å². The van der Waals surface area contributed by atoms with E-state index in [0.717, 1.165) is 58.3 Å². The van der Waals surface area contributed by atoms with Crippen LogP contribution in [0.2, 0.25) is 5.02 Å². The Labute approximate surface area is 257 Å².